The molecule has 1 aliphatic rings. The number of aliphatic carboxylic acids is 1. The molecule has 0 saturated carbocycles. The van der Waals surface area contributed by atoms with Crippen molar-refractivity contribution in [3.8, 4) is 5.69 Å². The van der Waals surface area contributed by atoms with E-state index in [4.69, 9.17) is 0 Å². The van der Waals surface area contributed by atoms with Crippen molar-refractivity contribution in [2.75, 3.05) is 0 Å². The number of amides is 1. The Bertz CT molecular complexity index is 877. The van der Waals surface area contributed by atoms with Gasteiger partial charge in [-0.15, -0.1) is 0 Å². The van der Waals surface area contributed by atoms with Crippen molar-refractivity contribution in [1.29, 1.82) is 0 Å². The molecule has 0 spiro atoms. The number of hydrogen-bond donors (Lipinski definition) is 2. The zero-order valence-electron chi connectivity index (χ0n) is 14.4. The standard InChI is InChI=1S/C18H19F2N3O3/c1-9(2)15(18(25)26)21-17(24)16-11-4-3-5-14(11)23(22-16)10-6-7-12(19)13(20)8-10/h6-9,15H,3-5H2,1-2H3,(H,21,24)(H,25,26)/t15-/m1/s1. The lowest BCUT2D eigenvalue weighted by Crippen LogP contribution is -2.44. The van der Waals surface area contributed by atoms with Gasteiger partial charge in [0.1, 0.15) is 6.04 Å². The number of fused-ring (bicyclic) bond motifs is 1. The molecule has 3 rings (SSSR count). The molecule has 2 aromatic rings. The lowest BCUT2D eigenvalue weighted by atomic mass is 10.0. The van der Waals surface area contributed by atoms with Gasteiger partial charge in [-0.05, 0) is 37.3 Å². The predicted octanol–water partition coefficient (Wildman–Crippen LogP) is 2.48. The number of nitrogens with zero attached hydrogens (tertiary/aromatic N) is 2. The van der Waals surface area contributed by atoms with E-state index in [1.807, 2.05) is 0 Å². The third-order valence-corrected chi connectivity index (χ3v) is 4.51. The molecular formula is C18H19F2N3O3. The lowest BCUT2D eigenvalue weighted by molar-refractivity contribution is -0.140. The number of aromatic nitrogens is 2. The van der Waals surface area contributed by atoms with Crippen molar-refractivity contribution < 1.29 is 23.5 Å². The topological polar surface area (TPSA) is 84.2 Å². The Morgan fingerprint density at radius 2 is 1.96 bits per heavy atom. The van der Waals surface area contributed by atoms with Crippen molar-refractivity contribution in [2.45, 2.75) is 39.2 Å². The average Bonchev–Trinajstić information content (AvgIpc) is 3.16. The second-order valence-corrected chi connectivity index (χ2v) is 6.67. The number of carbonyl (C=O) groups is 2. The minimum atomic E-state index is -1.12. The first kappa shape index (κ1) is 18.0. The number of nitrogens with one attached hydrogen (secondary N) is 1. The summed E-state index contributed by atoms with van der Waals surface area (Å²) in [6, 6.07) is 2.39. The van der Waals surface area contributed by atoms with E-state index < -0.39 is 29.6 Å². The highest BCUT2D eigenvalue weighted by Gasteiger charge is 2.30. The molecule has 0 bridgehead atoms. The molecule has 0 fully saturated rings. The number of carboxylic acid groups (broad SMARTS) is 1. The molecule has 1 aliphatic carbocycles. The van der Waals surface area contributed by atoms with Gasteiger partial charge in [-0.1, -0.05) is 13.8 Å². The number of carbonyl (C=O) groups excluding carboxylic acids is 1. The van der Waals surface area contributed by atoms with Crippen LogP contribution in [0.25, 0.3) is 5.69 Å². The van der Waals surface area contributed by atoms with E-state index >= 15 is 0 Å². The van der Waals surface area contributed by atoms with Crippen LogP contribution in [0.5, 0.6) is 0 Å². The Morgan fingerprint density at radius 3 is 2.58 bits per heavy atom. The highest BCUT2D eigenvalue weighted by molar-refractivity contribution is 5.96. The fraction of sp³-hybridized carbons (Fsp3) is 0.389. The molecule has 0 unspecified atom stereocenters. The molecule has 1 aromatic heterocycles. The second-order valence-electron chi connectivity index (χ2n) is 6.67. The Morgan fingerprint density at radius 1 is 1.23 bits per heavy atom. The maximum Gasteiger partial charge on any atom is 0.326 e. The van der Waals surface area contributed by atoms with Gasteiger partial charge in [0.15, 0.2) is 17.3 Å². The Hall–Kier alpha value is -2.77. The SMILES string of the molecule is CC(C)[C@@H](NC(=O)c1nn(-c2ccc(F)c(F)c2)c2c1CCC2)C(=O)O. The fourth-order valence-corrected chi connectivity index (χ4v) is 3.17. The third-order valence-electron chi connectivity index (χ3n) is 4.51. The van der Waals surface area contributed by atoms with Gasteiger partial charge < -0.3 is 10.4 Å². The third kappa shape index (κ3) is 3.18. The molecule has 1 aromatic carbocycles. The molecule has 0 saturated heterocycles. The van der Waals surface area contributed by atoms with E-state index in [0.29, 0.717) is 18.5 Å². The molecule has 0 radical (unpaired) electrons. The molecule has 1 amide bonds. The summed E-state index contributed by atoms with van der Waals surface area (Å²) >= 11 is 0. The second kappa shape index (κ2) is 6.86. The Labute approximate surface area is 148 Å². The molecule has 0 aliphatic heterocycles. The zero-order chi connectivity index (χ0) is 19.0. The molecule has 1 heterocycles. The number of rotatable bonds is 5. The van der Waals surface area contributed by atoms with Crippen LogP contribution in [0.2, 0.25) is 0 Å². The van der Waals surface area contributed by atoms with Crippen molar-refractivity contribution in [1.82, 2.24) is 15.1 Å². The Balaban J connectivity index is 1.98. The highest BCUT2D eigenvalue weighted by Crippen LogP contribution is 2.28. The normalized spacial score (nSPS) is 14.3. The predicted molar refractivity (Wildman–Crippen MR) is 89.2 cm³/mol. The van der Waals surface area contributed by atoms with E-state index in [9.17, 15) is 23.5 Å². The monoisotopic (exact) mass is 363 g/mol. The van der Waals surface area contributed by atoms with Crippen LogP contribution >= 0.6 is 0 Å². The zero-order valence-corrected chi connectivity index (χ0v) is 14.4. The van der Waals surface area contributed by atoms with Crippen LogP contribution in [-0.2, 0) is 17.6 Å². The first-order valence-electron chi connectivity index (χ1n) is 8.39. The van der Waals surface area contributed by atoms with Gasteiger partial charge in [0.2, 0.25) is 0 Å². The number of halogens is 2. The lowest BCUT2D eigenvalue weighted by Gasteiger charge is -2.17. The minimum absolute atomic E-state index is 0.133. The molecule has 138 valence electrons. The van der Waals surface area contributed by atoms with Crippen molar-refractivity contribution in [3.05, 3.63) is 46.8 Å². The molecule has 8 heteroatoms. The summed E-state index contributed by atoms with van der Waals surface area (Å²) in [4.78, 5) is 23.9. The summed E-state index contributed by atoms with van der Waals surface area (Å²) in [7, 11) is 0. The first-order valence-corrected chi connectivity index (χ1v) is 8.39. The van der Waals surface area contributed by atoms with Gasteiger partial charge in [-0.25, -0.2) is 18.3 Å². The molecule has 2 N–H and O–H groups in total. The maximum atomic E-state index is 13.6. The summed E-state index contributed by atoms with van der Waals surface area (Å²) in [6.45, 7) is 3.40. The van der Waals surface area contributed by atoms with E-state index in [2.05, 4.69) is 10.4 Å². The molecule has 26 heavy (non-hydrogen) atoms. The van der Waals surface area contributed by atoms with E-state index in [1.54, 1.807) is 13.8 Å². The fourth-order valence-electron chi connectivity index (χ4n) is 3.17. The van der Waals surface area contributed by atoms with Crippen molar-refractivity contribution in [2.24, 2.45) is 5.92 Å². The van der Waals surface area contributed by atoms with E-state index in [1.165, 1.54) is 10.7 Å². The van der Waals surface area contributed by atoms with Crippen LogP contribution in [0.4, 0.5) is 8.78 Å². The van der Waals surface area contributed by atoms with Crippen molar-refractivity contribution in [3.63, 3.8) is 0 Å². The molecule has 6 nitrogen and oxygen atoms in total. The first-order chi connectivity index (χ1) is 12.3. The van der Waals surface area contributed by atoms with E-state index in [0.717, 1.165) is 29.8 Å². The van der Waals surface area contributed by atoms with E-state index in [-0.39, 0.29) is 11.6 Å². The van der Waals surface area contributed by atoms with Gasteiger partial charge in [0, 0.05) is 17.3 Å². The number of hydrogen-bond acceptors (Lipinski definition) is 3. The van der Waals surface area contributed by atoms with Gasteiger partial charge in [-0.3, -0.25) is 4.79 Å². The van der Waals surface area contributed by atoms with Crippen LogP contribution in [-0.4, -0.2) is 32.8 Å². The summed E-state index contributed by atoms with van der Waals surface area (Å²) in [5.74, 6) is -3.95. The summed E-state index contributed by atoms with van der Waals surface area (Å²) in [6.07, 6.45) is 2.09. The number of carboxylic acids is 1. The highest BCUT2D eigenvalue weighted by atomic mass is 19.2. The minimum Gasteiger partial charge on any atom is -0.480 e. The summed E-state index contributed by atoms with van der Waals surface area (Å²) < 4.78 is 28.2. The van der Waals surface area contributed by atoms with Crippen LogP contribution in [0.3, 0.4) is 0 Å². The van der Waals surface area contributed by atoms with Crippen LogP contribution in [0.15, 0.2) is 18.2 Å². The van der Waals surface area contributed by atoms with Gasteiger partial charge in [0.05, 0.1) is 5.69 Å². The summed E-state index contributed by atoms with van der Waals surface area (Å²) in [5.41, 5.74) is 1.94. The molecular weight excluding hydrogens is 344 g/mol. The smallest absolute Gasteiger partial charge is 0.326 e. The van der Waals surface area contributed by atoms with Crippen molar-refractivity contribution >= 4 is 11.9 Å². The summed E-state index contributed by atoms with van der Waals surface area (Å²) in [5, 5.41) is 16.0. The van der Waals surface area contributed by atoms with Gasteiger partial charge in [0.25, 0.3) is 5.91 Å². The van der Waals surface area contributed by atoms with Crippen LogP contribution in [0, 0.1) is 17.6 Å². The van der Waals surface area contributed by atoms with Gasteiger partial charge >= 0.3 is 5.97 Å². The van der Waals surface area contributed by atoms with Gasteiger partial charge in [-0.2, -0.15) is 5.10 Å². The quantitative estimate of drug-likeness (QED) is 0.855. The number of benzene rings is 1. The molecule has 1 atom stereocenters. The largest absolute Gasteiger partial charge is 0.480 e. The maximum absolute atomic E-state index is 13.6. The average molecular weight is 363 g/mol. The van der Waals surface area contributed by atoms with Crippen LogP contribution in [0.1, 0.15) is 42.0 Å². The van der Waals surface area contributed by atoms with Crippen LogP contribution < -0.4 is 5.32 Å². The Kier molecular flexibility index (Phi) is 4.76.